The van der Waals surface area contributed by atoms with Crippen LogP contribution in [0.2, 0.25) is 5.02 Å². The van der Waals surface area contributed by atoms with E-state index in [0.717, 1.165) is 12.1 Å². The van der Waals surface area contributed by atoms with Gasteiger partial charge in [0.2, 0.25) is 5.91 Å². The molecule has 0 aromatic heterocycles. The van der Waals surface area contributed by atoms with Crippen molar-refractivity contribution in [2.45, 2.75) is 26.7 Å². The summed E-state index contributed by atoms with van der Waals surface area (Å²) >= 11 is 5.79. The molecule has 1 unspecified atom stereocenters. The maximum Gasteiger partial charge on any atom is 0.339 e. The summed E-state index contributed by atoms with van der Waals surface area (Å²) in [6, 6.07) is 2.00. The van der Waals surface area contributed by atoms with E-state index in [1.54, 1.807) is 6.92 Å². The summed E-state index contributed by atoms with van der Waals surface area (Å²) < 4.78 is 18.6. The van der Waals surface area contributed by atoms with E-state index in [2.05, 4.69) is 5.32 Å². The van der Waals surface area contributed by atoms with Crippen LogP contribution in [0.5, 0.6) is 0 Å². The van der Waals surface area contributed by atoms with Gasteiger partial charge >= 0.3 is 11.9 Å². The van der Waals surface area contributed by atoms with E-state index in [-0.39, 0.29) is 35.7 Å². The molecule has 1 amide bonds. The number of benzene rings is 1. The molecule has 0 saturated heterocycles. The van der Waals surface area contributed by atoms with Crippen LogP contribution in [-0.4, -0.2) is 29.6 Å². The minimum atomic E-state index is -1.01. The number of carboxylic acids is 1. The van der Waals surface area contributed by atoms with Crippen LogP contribution in [0.25, 0.3) is 0 Å². The second-order valence-corrected chi connectivity index (χ2v) is 5.27. The first-order chi connectivity index (χ1) is 10.8. The van der Waals surface area contributed by atoms with Gasteiger partial charge in [0, 0.05) is 6.42 Å². The first-order valence-corrected chi connectivity index (χ1v) is 7.32. The Morgan fingerprint density at radius 3 is 2.61 bits per heavy atom. The van der Waals surface area contributed by atoms with Gasteiger partial charge in [-0.1, -0.05) is 18.5 Å². The van der Waals surface area contributed by atoms with Gasteiger partial charge in [0.1, 0.15) is 5.82 Å². The number of ether oxygens (including phenoxy) is 1. The number of carboxylic acid groups (broad SMARTS) is 1. The molecule has 0 radical (unpaired) electrons. The Bertz CT molecular complexity index is 620. The lowest BCUT2D eigenvalue weighted by Crippen LogP contribution is -2.17. The minimum absolute atomic E-state index is 0.0656. The molecular weight excluding hydrogens is 329 g/mol. The van der Waals surface area contributed by atoms with Crippen LogP contribution in [0, 0.1) is 11.7 Å². The van der Waals surface area contributed by atoms with Crippen molar-refractivity contribution in [1.29, 1.82) is 0 Å². The average molecular weight is 346 g/mol. The Balaban J connectivity index is 2.83. The average Bonchev–Trinajstić information content (AvgIpc) is 2.47. The molecule has 1 atom stereocenters. The highest BCUT2D eigenvalue weighted by molar-refractivity contribution is 6.33. The predicted molar refractivity (Wildman–Crippen MR) is 82.0 cm³/mol. The van der Waals surface area contributed by atoms with Gasteiger partial charge in [-0.3, -0.25) is 9.59 Å². The summed E-state index contributed by atoms with van der Waals surface area (Å²) in [4.78, 5) is 34.1. The first kappa shape index (κ1) is 18.9. The number of carbonyl (C=O) groups is 3. The Kier molecular flexibility index (Phi) is 6.96. The fourth-order valence-corrected chi connectivity index (χ4v) is 1.92. The van der Waals surface area contributed by atoms with Gasteiger partial charge in [0.05, 0.1) is 28.8 Å². The molecule has 0 aliphatic heterocycles. The molecule has 8 heteroatoms. The van der Waals surface area contributed by atoms with E-state index in [0.29, 0.717) is 0 Å². The molecular formula is C15H17ClFNO5. The van der Waals surface area contributed by atoms with E-state index in [1.165, 1.54) is 6.92 Å². The molecule has 0 bridgehead atoms. The maximum absolute atomic E-state index is 13.8. The highest BCUT2D eigenvalue weighted by Crippen LogP contribution is 2.25. The van der Waals surface area contributed by atoms with Crippen LogP contribution in [0.15, 0.2) is 12.1 Å². The molecule has 23 heavy (non-hydrogen) atoms. The van der Waals surface area contributed by atoms with Gasteiger partial charge in [0.15, 0.2) is 0 Å². The second kappa shape index (κ2) is 8.47. The molecule has 1 aromatic carbocycles. The van der Waals surface area contributed by atoms with Crippen LogP contribution in [0.4, 0.5) is 10.1 Å². The van der Waals surface area contributed by atoms with Crippen molar-refractivity contribution in [2.24, 2.45) is 5.92 Å². The highest BCUT2D eigenvalue weighted by Gasteiger charge is 2.18. The molecule has 0 spiro atoms. The Morgan fingerprint density at radius 2 is 2.04 bits per heavy atom. The van der Waals surface area contributed by atoms with Gasteiger partial charge in [-0.2, -0.15) is 0 Å². The second-order valence-electron chi connectivity index (χ2n) is 4.86. The van der Waals surface area contributed by atoms with Crippen LogP contribution in [0.3, 0.4) is 0 Å². The number of anilines is 1. The highest BCUT2D eigenvalue weighted by atomic mass is 35.5. The van der Waals surface area contributed by atoms with Crippen molar-refractivity contribution in [3.8, 4) is 0 Å². The van der Waals surface area contributed by atoms with Crippen LogP contribution < -0.4 is 5.32 Å². The number of carbonyl (C=O) groups excluding carboxylic acids is 2. The molecule has 1 rings (SSSR count). The van der Waals surface area contributed by atoms with Gasteiger partial charge in [-0.15, -0.1) is 0 Å². The number of amides is 1. The summed E-state index contributed by atoms with van der Waals surface area (Å²) in [5.74, 6) is -3.80. The summed E-state index contributed by atoms with van der Waals surface area (Å²) in [7, 11) is 0. The largest absolute Gasteiger partial charge is 0.481 e. The number of hydrogen-bond donors (Lipinski definition) is 2. The standard InChI is InChI=1S/C15H17ClFNO5/c1-3-23-15(22)9-6-12(11(17)7-10(9)16)18-13(19)5-4-8(2)14(20)21/h6-8H,3-5H2,1-2H3,(H,18,19)(H,20,21). The molecule has 2 N–H and O–H groups in total. The van der Waals surface area contributed by atoms with Gasteiger partial charge < -0.3 is 15.2 Å². The third kappa shape index (κ3) is 5.52. The third-order valence-electron chi connectivity index (χ3n) is 3.05. The molecule has 0 fully saturated rings. The summed E-state index contributed by atoms with van der Waals surface area (Å²) in [5, 5.41) is 10.9. The molecule has 0 heterocycles. The Labute approximate surface area is 137 Å². The van der Waals surface area contributed by atoms with Crippen molar-refractivity contribution in [3.05, 3.63) is 28.5 Å². The van der Waals surface area contributed by atoms with Gasteiger partial charge in [0.25, 0.3) is 0 Å². The Morgan fingerprint density at radius 1 is 1.39 bits per heavy atom. The van der Waals surface area contributed by atoms with E-state index in [1.807, 2.05) is 0 Å². The molecule has 126 valence electrons. The summed E-state index contributed by atoms with van der Waals surface area (Å²) in [6.07, 6.45) is 0.0192. The molecule has 0 aliphatic carbocycles. The smallest absolute Gasteiger partial charge is 0.339 e. The number of nitrogens with one attached hydrogen (secondary N) is 1. The van der Waals surface area contributed by atoms with Crippen molar-refractivity contribution in [3.63, 3.8) is 0 Å². The summed E-state index contributed by atoms with van der Waals surface area (Å²) in [6.45, 7) is 3.21. The molecule has 0 aliphatic rings. The molecule has 6 nitrogen and oxygen atoms in total. The van der Waals surface area contributed by atoms with Crippen molar-refractivity contribution in [2.75, 3.05) is 11.9 Å². The molecule has 0 saturated carbocycles. The van der Waals surface area contributed by atoms with Crippen LogP contribution in [0.1, 0.15) is 37.0 Å². The van der Waals surface area contributed by atoms with E-state index < -0.39 is 29.6 Å². The lowest BCUT2D eigenvalue weighted by Gasteiger charge is -2.11. The predicted octanol–water partition coefficient (Wildman–Crippen LogP) is 3.10. The van der Waals surface area contributed by atoms with Crippen molar-refractivity contribution < 1.29 is 28.6 Å². The number of aliphatic carboxylic acids is 1. The van der Waals surface area contributed by atoms with Crippen molar-refractivity contribution in [1.82, 2.24) is 0 Å². The quantitative estimate of drug-likeness (QED) is 0.741. The van der Waals surface area contributed by atoms with Crippen molar-refractivity contribution >= 4 is 35.1 Å². The maximum atomic E-state index is 13.8. The first-order valence-electron chi connectivity index (χ1n) is 6.95. The van der Waals surface area contributed by atoms with Crippen LogP contribution >= 0.6 is 11.6 Å². The number of halogens is 2. The monoisotopic (exact) mass is 345 g/mol. The Hall–Kier alpha value is -2.15. The minimum Gasteiger partial charge on any atom is -0.481 e. The van der Waals surface area contributed by atoms with E-state index >= 15 is 0 Å². The third-order valence-corrected chi connectivity index (χ3v) is 3.36. The topological polar surface area (TPSA) is 92.7 Å². The van der Waals surface area contributed by atoms with Gasteiger partial charge in [-0.25, -0.2) is 9.18 Å². The fourth-order valence-electron chi connectivity index (χ4n) is 1.69. The number of hydrogen-bond acceptors (Lipinski definition) is 4. The lowest BCUT2D eigenvalue weighted by molar-refractivity contribution is -0.141. The fraction of sp³-hybridized carbons (Fsp3) is 0.400. The zero-order valence-electron chi connectivity index (χ0n) is 12.7. The molecule has 1 aromatic rings. The number of rotatable bonds is 7. The summed E-state index contributed by atoms with van der Waals surface area (Å²) in [5.41, 5.74) is -0.283. The van der Waals surface area contributed by atoms with Crippen LogP contribution in [-0.2, 0) is 14.3 Å². The zero-order chi connectivity index (χ0) is 17.6. The SMILES string of the molecule is CCOC(=O)c1cc(NC(=O)CCC(C)C(=O)O)c(F)cc1Cl. The van der Waals surface area contributed by atoms with Gasteiger partial charge in [-0.05, 0) is 25.5 Å². The normalized spacial score (nSPS) is 11.7. The number of esters is 1. The van der Waals surface area contributed by atoms with E-state index in [4.69, 9.17) is 21.4 Å². The lowest BCUT2D eigenvalue weighted by atomic mass is 10.1. The zero-order valence-corrected chi connectivity index (χ0v) is 13.4. The van der Waals surface area contributed by atoms with E-state index in [9.17, 15) is 18.8 Å².